The zero-order valence-electron chi connectivity index (χ0n) is 12.1. The molecule has 0 bridgehead atoms. The summed E-state index contributed by atoms with van der Waals surface area (Å²) in [6.07, 6.45) is 0. The molecule has 4 heteroatoms. The van der Waals surface area contributed by atoms with Gasteiger partial charge in [0, 0.05) is 18.7 Å². The first-order valence-corrected chi connectivity index (χ1v) is 6.98. The van der Waals surface area contributed by atoms with Crippen molar-refractivity contribution < 1.29 is 14.2 Å². The molecule has 0 aliphatic carbocycles. The van der Waals surface area contributed by atoms with E-state index in [9.17, 15) is 4.39 Å². The molecule has 0 saturated heterocycles. The van der Waals surface area contributed by atoms with Crippen molar-refractivity contribution in [1.82, 2.24) is 5.32 Å². The minimum absolute atomic E-state index is 0.00344. The Labute approximate surface area is 124 Å². The molecule has 0 aromatic heterocycles. The molecule has 0 radical (unpaired) electrons. The fourth-order valence-corrected chi connectivity index (χ4v) is 2.14. The van der Waals surface area contributed by atoms with E-state index in [0.29, 0.717) is 13.1 Å². The second-order valence-corrected chi connectivity index (χ2v) is 4.85. The molecule has 2 rings (SSSR count). The maximum atomic E-state index is 13.0. The van der Waals surface area contributed by atoms with Gasteiger partial charge in [0.2, 0.25) is 0 Å². The topological polar surface area (TPSA) is 41.5 Å². The summed E-state index contributed by atoms with van der Waals surface area (Å²) in [4.78, 5) is 0. The molecule has 2 N–H and O–H groups in total. The maximum absolute atomic E-state index is 13.0. The lowest BCUT2D eigenvalue weighted by Crippen LogP contribution is -2.15. The van der Waals surface area contributed by atoms with Crippen molar-refractivity contribution >= 4 is 0 Å². The molecule has 0 saturated carbocycles. The van der Waals surface area contributed by atoms with Crippen LogP contribution in [0.15, 0.2) is 42.5 Å². The van der Waals surface area contributed by atoms with Gasteiger partial charge in [0.25, 0.3) is 0 Å². The molecular weight excluding hydrogens is 269 g/mol. The quantitative estimate of drug-likeness (QED) is 0.823. The van der Waals surface area contributed by atoms with Gasteiger partial charge in [-0.15, -0.1) is 0 Å². The number of hydrogen-bond acceptors (Lipinski definition) is 3. The first-order valence-electron chi connectivity index (χ1n) is 6.98. The molecule has 2 aromatic rings. The summed E-state index contributed by atoms with van der Waals surface area (Å²) in [5, 5.41) is 12.2. The van der Waals surface area contributed by atoms with Crippen LogP contribution in [-0.2, 0) is 13.1 Å². The number of aliphatic hydroxyl groups excluding tert-OH is 1. The molecule has 2 aromatic carbocycles. The van der Waals surface area contributed by atoms with Gasteiger partial charge < -0.3 is 15.2 Å². The van der Waals surface area contributed by atoms with Crippen LogP contribution in [0.4, 0.5) is 4.39 Å². The van der Waals surface area contributed by atoms with Gasteiger partial charge in [-0.05, 0) is 36.2 Å². The van der Waals surface area contributed by atoms with Crippen LogP contribution in [0.1, 0.15) is 16.7 Å². The largest absolute Gasteiger partial charge is 0.491 e. The maximum Gasteiger partial charge on any atom is 0.123 e. The van der Waals surface area contributed by atoms with E-state index < -0.39 is 0 Å². The Balaban J connectivity index is 1.94. The van der Waals surface area contributed by atoms with Gasteiger partial charge in [-0.2, -0.15) is 0 Å². The normalized spacial score (nSPS) is 10.6. The standard InChI is InChI=1S/C17H20FNO2/c1-13-10-16(18)7-6-14(13)11-19-12-15-4-2-3-5-17(15)21-9-8-20/h2-7,10,19-20H,8-9,11-12H2,1H3. The number of nitrogens with one attached hydrogen (secondary N) is 1. The lowest BCUT2D eigenvalue weighted by Gasteiger charge is -2.12. The summed E-state index contributed by atoms with van der Waals surface area (Å²) in [6, 6.07) is 12.5. The van der Waals surface area contributed by atoms with E-state index in [1.807, 2.05) is 31.2 Å². The van der Waals surface area contributed by atoms with Gasteiger partial charge in [-0.25, -0.2) is 4.39 Å². The highest BCUT2D eigenvalue weighted by molar-refractivity contribution is 5.33. The predicted octanol–water partition coefficient (Wildman–Crippen LogP) is 2.80. The Morgan fingerprint density at radius 2 is 1.86 bits per heavy atom. The van der Waals surface area contributed by atoms with E-state index in [2.05, 4.69) is 5.32 Å². The number of aryl methyl sites for hydroxylation is 1. The van der Waals surface area contributed by atoms with Crippen LogP contribution in [0.5, 0.6) is 5.75 Å². The highest BCUT2D eigenvalue weighted by Gasteiger charge is 2.04. The average molecular weight is 289 g/mol. The molecule has 0 aliphatic heterocycles. The van der Waals surface area contributed by atoms with Gasteiger partial charge >= 0.3 is 0 Å². The zero-order chi connectivity index (χ0) is 15.1. The van der Waals surface area contributed by atoms with Crippen molar-refractivity contribution in [2.75, 3.05) is 13.2 Å². The van der Waals surface area contributed by atoms with E-state index in [4.69, 9.17) is 9.84 Å². The molecule has 0 fully saturated rings. The van der Waals surface area contributed by atoms with Crippen LogP contribution in [0.25, 0.3) is 0 Å². The number of para-hydroxylation sites is 1. The van der Waals surface area contributed by atoms with E-state index in [0.717, 1.165) is 22.4 Å². The van der Waals surface area contributed by atoms with Crippen molar-refractivity contribution in [2.45, 2.75) is 20.0 Å². The predicted molar refractivity (Wildman–Crippen MR) is 80.7 cm³/mol. The second kappa shape index (κ2) is 7.76. The van der Waals surface area contributed by atoms with Crippen molar-refractivity contribution in [3.8, 4) is 5.75 Å². The Morgan fingerprint density at radius 1 is 1.10 bits per heavy atom. The van der Waals surface area contributed by atoms with Gasteiger partial charge in [-0.1, -0.05) is 24.3 Å². The van der Waals surface area contributed by atoms with Crippen LogP contribution < -0.4 is 10.1 Å². The van der Waals surface area contributed by atoms with Gasteiger partial charge in [0.05, 0.1) is 6.61 Å². The lowest BCUT2D eigenvalue weighted by atomic mass is 10.1. The molecule has 3 nitrogen and oxygen atoms in total. The highest BCUT2D eigenvalue weighted by atomic mass is 19.1. The Morgan fingerprint density at radius 3 is 2.62 bits per heavy atom. The number of hydrogen-bond donors (Lipinski definition) is 2. The molecule has 0 unspecified atom stereocenters. The van der Waals surface area contributed by atoms with E-state index >= 15 is 0 Å². The van der Waals surface area contributed by atoms with Crippen LogP contribution in [0, 0.1) is 12.7 Å². The summed E-state index contributed by atoms with van der Waals surface area (Å²) in [7, 11) is 0. The summed E-state index contributed by atoms with van der Waals surface area (Å²) in [5.74, 6) is 0.564. The molecule has 112 valence electrons. The third-order valence-corrected chi connectivity index (χ3v) is 3.26. The van der Waals surface area contributed by atoms with E-state index in [1.165, 1.54) is 12.1 Å². The molecule has 0 aliphatic rings. The zero-order valence-corrected chi connectivity index (χ0v) is 12.1. The Bertz CT molecular complexity index is 587. The van der Waals surface area contributed by atoms with Crippen molar-refractivity contribution in [1.29, 1.82) is 0 Å². The van der Waals surface area contributed by atoms with Crippen LogP contribution in [-0.4, -0.2) is 18.3 Å². The summed E-state index contributed by atoms with van der Waals surface area (Å²) in [6.45, 7) is 3.50. The molecular formula is C17H20FNO2. The van der Waals surface area contributed by atoms with Gasteiger partial charge in [0.15, 0.2) is 0 Å². The smallest absolute Gasteiger partial charge is 0.123 e. The fraction of sp³-hybridized carbons (Fsp3) is 0.294. The third kappa shape index (κ3) is 4.55. The van der Waals surface area contributed by atoms with Crippen LogP contribution in [0.3, 0.4) is 0 Å². The molecule has 0 spiro atoms. The average Bonchev–Trinajstić information content (AvgIpc) is 2.48. The first-order chi connectivity index (χ1) is 10.2. The molecule has 0 amide bonds. The number of halogens is 1. The fourth-order valence-electron chi connectivity index (χ4n) is 2.14. The summed E-state index contributed by atoms with van der Waals surface area (Å²) >= 11 is 0. The van der Waals surface area contributed by atoms with Crippen LogP contribution >= 0.6 is 0 Å². The lowest BCUT2D eigenvalue weighted by molar-refractivity contribution is 0.200. The van der Waals surface area contributed by atoms with Crippen LogP contribution in [0.2, 0.25) is 0 Å². The van der Waals surface area contributed by atoms with Crippen molar-refractivity contribution in [2.24, 2.45) is 0 Å². The third-order valence-electron chi connectivity index (χ3n) is 3.26. The highest BCUT2D eigenvalue weighted by Crippen LogP contribution is 2.18. The summed E-state index contributed by atoms with van der Waals surface area (Å²) < 4.78 is 18.5. The van der Waals surface area contributed by atoms with Gasteiger partial charge in [0.1, 0.15) is 18.2 Å². The van der Waals surface area contributed by atoms with Gasteiger partial charge in [-0.3, -0.25) is 0 Å². The minimum Gasteiger partial charge on any atom is -0.491 e. The SMILES string of the molecule is Cc1cc(F)ccc1CNCc1ccccc1OCCO. The number of benzene rings is 2. The summed E-state index contributed by atoms with van der Waals surface area (Å²) in [5.41, 5.74) is 3.04. The van der Waals surface area contributed by atoms with E-state index in [-0.39, 0.29) is 19.0 Å². The molecule has 21 heavy (non-hydrogen) atoms. The molecule has 0 atom stereocenters. The Hall–Kier alpha value is -1.91. The molecule has 0 heterocycles. The number of aliphatic hydroxyl groups is 1. The minimum atomic E-state index is -0.209. The first kappa shape index (κ1) is 15.5. The number of ether oxygens (including phenoxy) is 1. The van der Waals surface area contributed by atoms with Crippen molar-refractivity contribution in [3.63, 3.8) is 0 Å². The Kier molecular flexibility index (Phi) is 5.72. The second-order valence-electron chi connectivity index (χ2n) is 4.85. The van der Waals surface area contributed by atoms with E-state index in [1.54, 1.807) is 6.07 Å². The van der Waals surface area contributed by atoms with Crippen molar-refractivity contribution in [3.05, 3.63) is 65.0 Å². The number of rotatable bonds is 7. The monoisotopic (exact) mass is 289 g/mol.